The molecule has 1 aromatic heterocycles. The van der Waals surface area contributed by atoms with Crippen LogP contribution in [0.4, 0.5) is 5.69 Å². The van der Waals surface area contributed by atoms with Crippen molar-refractivity contribution in [2.24, 2.45) is 0 Å². The number of nitriles is 1. The van der Waals surface area contributed by atoms with Crippen molar-refractivity contribution in [3.63, 3.8) is 0 Å². The summed E-state index contributed by atoms with van der Waals surface area (Å²) >= 11 is 0. The molecular formula is C18H19N3O4. The molecule has 1 aliphatic rings. The van der Waals surface area contributed by atoms with Crippen molar-refractivity contribution in [2.45, 2.75) is 32.8 Å². The minimum atomic E-state index is -0.351. The van der Waals surface area contributed by atoms with Gasteiger partial charge in [-0.25, -0.2) is 0 Å². The molecule has 0 saturated carbocycles. The average molecular weight is 341 g/mol. The van der Waals surface area contributed by atoms with E-state index < -0.39 is 0 Å². The Morgan fingerprint density at radius 2 is 2.32 bits per heavy atom. The lowest BCUT2D eigenvalue weighted by Crippen LogP contribution is -2.18. The molecule has 2 N–H and O–H groups in total. The topological polar surface area (TPSA) is 104 Å². The first-order chi connectivity index (χ1) is 12.0. The number of hydrogen-bond donors (Lipinski definition) is 2. The summed E-state index contributed by atoms with van der Waals surface area (Å²) in [6.45, 7) is 4.38. The van der Waals surface area contributed by atoms with Crippen molar-refractivity contribution >= 4 is 22.5 Å². The van der Waals surface area contributed by atoms with Crippen molar-refractivity contribution in [1.29, 1.82) is 5.26 Å². The zero-order valence-electron chi connectivity index (χ0n) is 14.1. The Labute approximate surface area is 144 Å². The van der Waals surface area contributed by atoms with E-state index >= 15 is 0 Å². The number of ether oxygens (including phenoxy) is 2. The molecule has 2 aromatic rings. The minimum Gasteiger partial charge on any atom is -0.486 e. The second kappa shape index (κ2) is 6.95. The number of hydrogen-bond acceptors (Lipinski definition) is 5. The number of anilines is 1. The van der Waals surface area contributed by atoms with Gasteiger partial charge in [0.1, 0.15) is 23.5 Å². The highest BCUT2D eigenvalue weighted by molar-refractivity contribution is 5.95. The normalized spacial score (nSPS) is 16.6. The number of carbonyl (C=O) groups excluding carboxylic acids is 1. The second-order valence-corrected chi connectivity index (χ2v) is 5.95. The molecule has 1 saturated heterocycles. The standard InChI is InChI=1S/C18H19N3O4/c1-3-14-13(8-19)18(23)12-6-16(20-10(2)22)17(7-15(12)21-14)25-11-4-5-24-9-11/h6-7,11H,3-5,9H2,1-2H3,(H,20,22)(H,21,23)/t11-/m1/s1. The smallest absolute Gasteiger partial charge is 0.221 e. The summed E-state index contributed by atoms with van der Waals surface area (Å²) in [6.07, 6.45) is 1.20. The molecule has 130 valence electrons. The van der Waals surface area contributed by atoms with Gasteiger partial charge in [-0.1, -0.05) is 6.92 Å². The Bertz CT molecular complexity index is 921. The number of fused-ring (bicyclic) bond motifs is 1. The number of nitrogens with zero attached hydrogens (tertiary/aromatic N) is 1. The monoisotopic (exact) mass is 341 g/mol. The van der Waals surface area contributed by atoms with E-state index in [4.69, 9.17) is 9.47 Å². The molecule has 25 heavy (non-hydrogen) atoms. The van der Waals surface area contributed by atoms with E-state index in [-0.39, 0.29) is 23.0 Å². The molecule has 0 bridgehead atoms. The lowest BCUT2D eigenvalue weighted by Gasteiger charge is -2.17. The van der Waals surface area contributed by atoms with Gasteiger partial charge in [0, 0.05) is 30.5 Å². The van der Waals surface area contributed by atoms with Crippen LogP contribution < -0.4 is 15.5 Å². The van der Waals surface area contributed by atoms with E-state index in [9.17, 15) is 14.9 Å². The summed E-state index contributed by atoms with van der Waals surface area (Å²) in [7, 11) is 0. The maximum atomic E-state index is 12.6. The molecule has 1 fully saturated rings. The Morgan fingerprint density at radius 3 is 2.92 bits per heavy atom. The van der Waals surface area contributed by atoms with Gasteiger partial charge in [0.05, 0.1) is 24.4 Å². The number of benzene rings is 1. The Morgan fingerprint density at radius 1 is 1.52 bits per heavy atom. The number of aromatic amines is 1. The molecule has 3 rings (SSSR count). The van der Waals surface area contributed by atoms with E-state index in [1.807, 2.05) is 13.0 Å². The van der Waals surface area contributed by atoms with Crippen molar-refractivity contribution in [3.05, 3.63) is 33.6 Å². The first-order valence-electron chi connectivity index (χ1n) is 8.18. The largest absolute Gasteiger partial charge is 0.486 e. The summed E-state index contributed by atoms with van der Waals surface area (Å²) in [4.78, 5) is 27.3. The molecule has 0 unspecified atom stereocenters. The number of aryl methyl sites for hydroxylation is 1. The molecule has 7 nitrogen and oxygen atoms in total. The SMILES string of the molecule is CCc1[nH]c2cc(O[C@@H]3CCOC3)c(NC(C)=O)cc2c(=O)c1C#N. The third-order valence-corrected chi connectivity index (χ3v) is 4.14. The van der Waals surface area contributed by atoms with E-state index in [1.165, 1.54) is 6.92 Å². The highest BCUT2D eigenvalue weighted by Crippen LogP contribution is 2.31. The molecule has 0 radical (unpaired) electrons. The molecule has 1 atom stereocenters. The fourth-order valence-corrected chi connectivity index (χ4v) is 2.92. The summed E-state index contributed by atoms with van der Waals surface area (Å²) in [5, 5.41) is 12.3. The van der Waals surface area contributed by atoms with Crippen LogP contribution in [0.5, 0.6) is 5.75 Å². The van der Waals surface area contributed by atoms with Crippen molar-refractivity contribution in [1.82, 2.24) is 4.98 Å². The van der Waals surface area contributed by atoms with Gasteiger partial charge >= 0.3 is 0 Å². The summed E-state index contributed by atoms with van der Waals surface area (Å²) in [5.41, 5.74) is 1.31. The van der Waals surface area contributed by atoms with Gasteiger partial charge in [-0.05, 0) is 12.5 Å². The van der Waals surface area contributed by atoms with Gasteiger partial charge in [0.2, 0.25) is 11.3 Å². The second-order valence-electron chi connectivity index (χ2n) is 5.95. The van der Waals surface area contributed by atoms with Crippen LogP contribution in [0, 0.1) is 11.3 Å². The molecule has 7 heteroatoms. The molecular weight excluding hydrogens is 322 g/mol. The third kappa shape index (κ3) is 3.35. The quantitative estimate of drug-likeness (QED) is 0.886. The van der Waals surface area contributed by atoms with Crippen LogP contribution in [0.1, 0.15) is 31.5 Å². The molecule has 0 spiro atoms. The van der Waals surface area contributed by atoms with E-state index in [1.54, 1.807) is 12.1 Å². The molecule has 2 heterocycles. The van der Waals surface area contributed by atoms with Crippen molar-refractivity contribution in [3.8, 4) is 11.8 Å². The zero-order valence-corrected chi connectivity index (χ0v) is 14.1. The van der Waals surface area contributed by atoms with Crippen LogP contribution in [0.3, 0.4) is 0 Å². The fourth-order valence-electron chi connectivity index (χ4n) is 2.92. The Hall–Kier alpha value is -2.85. The molecule has 1 amide bonds. The number of pyridine rings is 1. The first kappa shape index (κ1) is 17.0. The Kier molecular flexibility index (Phi) is 4.72. The molecule has 1 aromatic carbocycles. The Balaban J connectivity index is 2.17. The average Bonchev–Trinajstić information content (AvgIpc) is 3.08. The summed E-state index contributed by atoms with van der Waals surface area (Å²) in [6, 6.07) is 5.21. The number of nitrogens with one attached hydrogen (secondary N) is 2. The van der Waals surface area contributed by atoms with Crippen molar-refractivity contribution in [2.75, 3.05) is 18.5 Å². The molecule has 0 aliphatic carbocycles. The third-order valence-electron chi connectivity index (χ3n) is 4.14. The molecule has 1 aliphatic heterocycles. The predicted molar refractivity (Wildman–Crippen MR) is 92.8 cm³/mol. The van der Waals surface area contributed by atoms with E-state index in [0.717, 1.165) is 6.42 Å². The summed E-state index contributed by atoms with van der Waals surface area (Å²) < 4.78 is 11.3. The van der Waals surface area contributed by atoms with Gasteiger partial charge in [0.25, 0.3) is 0 Å². The van der Waals surface area contributed by atoms with Crippen LogP contribution in [-0.2, 0) is 16.0 Å². The number of aromatic nitrogens is 1. The first-order valence-corrected chi connectivity index (χ1v) is 8.18. The number of rotatable bonds is 4. The fraction of sp³-hybridized carbons (Fsp3) is 0.389. The number of H-pyrrole nitrogens is 1. The maximum absolute atomic E-state index is 12.6. The van der Waals surface area contributed by atoms with Crippen LogP contribution >= 0.6 is 0 Å². The highest BCUT2D eigenvalue weighted by atomic mass is 16.5. The lowest BCUT2D eigenvalue weighted by atomic mass is 10.1. The van der Waals surface area contributed by atoms with Gasteiger partial charge in [-0.2, -0.15) is 5.26 Å². The van der Waals surface area contributed by atoms with Gasteiger partial charge in [-0.3, -0.25) is 9.59 Å². The van der Waals surface area contributed by atoms with Gasteiger partial charge < -0.3 is 19.8 Å². The van der Waals surface area contributed by atoms with Crippen LogP contribution in [0.15, 0.2) is 16.9 Å². The maximum Gasteiger partial charge on any atom is 0.221 e. The van der Waals surface area contributed by atoms with Crippen LogP contribution in [-0.4, -0.2) is 30.2 Å². The van der Waals surface area contributed by atoms with Crippen molar-refractivity contribution < 1.29 is 14.3 Å². The zero-order chi connectivity index (χ0) is 18.0. The predicted octanol–water partition coefficient (Wildman–Crippen LogP) is 2.09. The van der Waals surface area contributed by atoms with Crippen LogP contribution in [0.2, 0.25) is 0 Å². The van der Waals surface area contributed by atoms with Crippen LogP contribution in [0.25, 0.3) is 10.9 Å². The summed E-state index contributed by atoms with van der Waals surface area (Å²) in [5.74, 6) is 0.203. The van der Waals surface area contributed by atoms with E-state index in [0.29, 0.717) is 47.7 Å². The number of carbonyl (C=O) groups is 1. The minimum absolute atomic E-state index is 0.0966. The van der Waals surface area contributed by atoms with E-state index in [2.05, 4.69) is 10.3 Å². The highest BCUT2D eigenvalue weighted by Gasteiger charge is 2.21. The number of amides is 1. The van der Waals surface area contributed by atoms with Gasteiger partial charge in [0.15, 0.2) is 0 Å². The lowest BCUT2D eigenvalue weighted by molar-refractivity contribution is -0.114. The van der Waals surface area contributed by atoms with Gasteiger partial charge in [-0.15, -0.1) is 0 Å².